The lowest BCUT2D eigenvalue weighted by Crippen LogP contribution is -2.41. The maximum Gasteiger partial charge on any atom is 0.238 e. The van der Waals surface area contributed by atoms with Gasteiger partial charge in [0.05, 0.1) is 25.4 Å². The highest BCUT2D eigenvalue weighted by Gasteiger charge is 2.15. The first kappa shape index (κ1) is 12.2. The minimum Gasteiger partial charge on any atom is -0.379 e. The number of anilines is 1. The van der Waals surface area contributed by atoms with Crippen LogP contribution in [0.4, 0.5) is 5.69 Å². The molecule has 3 rings (SSSR count). The Balaban J connectivity index is 1.65. The van der Waals surface area contributed by atoms with Gasteiger partial charge in [-0.05, 0) is 6.07 Å². The van der Waals surface area contributed by atoms with Crippen molar-refractivity contribution in [2.75, 3.05) is 38.2 Å². The lowest BCUT2D eigenvalue weighted by atomic mass is 10.2. The van der Waals surface area contributed by atoms with Crippen LogP contribution in [0.25, 0.3) is 10.9 Å². The van der Waals surface area contributed by atoms with E-state index in [0.717, 1.165) is 29.7 Å². The van der Waals surface area contributed by atoms with Gasteiger partial charge in [0.15, 0.2) is 0 Å². The summed E-state index contributed by atoms with van der Waals surface area (Å²) in [7, 11) is 0. The second kappa shape index (κ2) is 5.42. The number of nitrogens with zero attached hydrogens (tertiary/aromatic N) is 1. The van der Waals surface area contributed by atoms with Crippen molar-refractivity contribution in [3.05, 3.63) is 30.5 Å². The van der Waals surface area contributed by atoms with Gasteiger partial charge in [0.25, 0.3) is 0 Å². The van der Waals surface area contributed by atoms with Crippen molar-refractivity contribution in [3.8, 4) is 0 Å². The van der Waals surface area contributed by atoms with Crippen molar-refractivity contribution in [1.82, 2.24) is 9.88 Å². The van der Waals surface area contributed by atoms with Gasteiger partial charge in [-0.3, -0.25) is 9.69 Å². The first-order valence-corrected chi connectivity index (χ1v) is 6.49. The number of H-pyrrole nitrogens is 1. The highest BCUT2D eigenvalue weighted by atomic mass is 16.5. The third-order valence-corrected chi connectivity index (χ3v) is 3.33. The molecule has 0 radical (unpaired) electrons. The number of rotatable bonds is 3. The number of carbonyl (C=O) groups excluding carboxylic acids is 1. The molecule has 0 unspecified atom stereocenters. The monoisotopic (exact) mass is 259 g/mol. The van der Waals surface area contributed by atoms with E-state index < -0.39 is 0 Å². The minimum atomic E-state index is 0.0200. The van der Waals surface area contributed by atoms with Gasteiger partial charge in [-0.15, -0.1) is 0 Å². The normalized spacial score (nSPS) is 16.6. The first-order valence-electron chi connectivity index (χ1n) is 6.49. The molecular formula is C14H17N3O2. The van der Waals surface area contributed by atoms with Gasteiger partial charge in [-0.25, -0.2) is 0 Å². The van der Waals surface area contributed by atoms with E-state index in [4.69, 9.17) is 4.74 Å². The van der Waals surface area contributed by atoms with Crippen LogP contribution in [0, 0.1) is 0 Å². The number of morpholine rings is 1. The molecule has 1 saturated heterocycles. The molecule has 1 aliphatic rings. The lowest BCUT2D eigenvalue weighted by molar-refractivity contribution is -0.118. The summed E-state index contributed by atoms with van der Waals surface area (Å²) in [6.07, 6.45) is 1.84. The maximum atomic E-state index is 12.0. The highest BCUT2D eigenvalue weighted by Crippen LogP contribution is 2.22. The van der Waals surface area contributed by atoms with Crippen LogP contribution in [-0.4, -0.2) is 48.6 Å². The van der Waals surface area contributed by atoms with E-state index in [1.165, 1.54) is 0 Å². The van der Waals surface area contributed by atoms with Gasteiger partial charge < -0.3 is 15.0 Å². The largest absolute Gasteiger partial charge is 0.379 e. The van der Waals surface area contributed by atoms with E-state index in [2.05, 4.69) is 15.2 Å². The third kappa shape index (κ3) is 2.77. The van der Waals surface area contributed by atoms with E-state index in [1.807, 2.05) is 30.5 Å². The number of nitrogens with one attached hydrogen (secondary N) is 2. The Morgan fingerprint density at radius 1 is 1.32 bits per heavy atom. The number of ether oxygens (including phenoxy) is 1. The Morgan fingerprint density at radius 2 is 2.11 bits per heavy atom. The number of para-hydroxylation sites is 1. The Labute approximate surface area is 111 Å². The number of hydrogen-bond donors (Lipinski definition) is 2. The fourth-order valence-electron chi connectivity index (χ4n) is 2.33. The van der Waals surface area contributed by atoms with Gasteiger partial charge in [0.2, 0.25) is 5.91 Å². The molecule has 1 aromatic heterocycles. The topological polar surface area (TPSA) is 57.4 Å². The summed E-state index contributed by atoms with van der Waals surface area (Å²) in [5, 5.41) is 4.00. The maximum absolute atomic E-state index is 12.0. The number of benzene rings is 1. The molecule has 0 aliphatic carbocycles. The molecular weight excluding hydrogens is 242 g/mol. The summed E-state index contributed by atoms with van der Waals surface area (Å²) in [6.45, 7) is 3.48. The van der Waals surface area contributed by atoms with Gasteiger partial charge in [-0.2, -0.15) is 0 Å². The van der Waals surface area contributed by atoms with Crippen LogP contribution in [-0.2, 0) is 9.53 Å². The molecule has 0 atom stereocenters. The summed E-state index contributed by atoms with van der Waals surface area (Å²) in [5.74, 6) is 0.0200. The summed E-state index contributed by atoms with van der Waals surface area (Å²) < 4.78 is 5.27. The molecule has 0 saturated carbocycles. The first-order chi connectivity index (χ1) is 9.33. The molecule has 2 aromatic rings. The van der Waals surface area contributed by atoms with Gasteiger partial charge >= 0.3 is 0 Å². The average molecular weight is 259 g/mol. The smallest absolute Gasteiger partial charge is 0.238 e. The van der Waals surface area contributed by atoms with Crippen molar-refractivity contribution in [2.45, 2.75) is 0 Å². The predicted octanol–water partition coefficient (Wildman–Crippen LogP) is 1.44. The minimum absolute atomic E-state index is 0.0200. The average Bonchev–Trinajstić information content (AvgIpc) is 2.83. The molecule has 100 valence electrons. The van der Waals surface area contributed by atoms with Crippen LogP contribution in [0.15, 0.2) is 30.5 Å². The number of aromatic amines is 1. The fraction of sp³-hybridized carbons (Fsp3) is 0.357. The van der Waals surface area contributed by atoms with Crippen molar-refractivity contribution in [1.29, 1.82) is 0 Å². The molecule has 5 nitrogen and oxygen atoms in total. The van der Waals surface area contributed by atoms with E-state index in [9.17, 15) is 4.79 Å². The zero-order chi connectivity index (χ0) is 13.1. The van der Waals surface area contributed by atoms with E-state index in [1.54, 1.807) is 0 Å². The molecule has 2 heterocycles. The van der Waals surface area contributed by atoms with Crippen molar-refractivity contribution in [2.24, 2.45) is 0 Å². The van der Waals surface area contributed by atoms with Crippen molar-refractivity contribution >= 4 is 22.5 Å². The third-order valence-electron chi connectivity index (χ3n) is 3.33. The second-order valence-electron chi connectivity index (χ2n) is 4.68. The Bertz CT molecular complexity index is 573. The number of aromatic nitrogens is 1. The molecule has 1 amide bonds. The SMILES string of the molecule is O=C(CN1CCOCC1)Nc1c[nH]c2ccccc12. The van der Waals surface area contributed by atoms with E-state index in [0.29, 0.717) is 19.8 Å². The Morgan fingerprint density at radius 3 is 2.95 bits per heavy atom. The lowest BCUT2D eigenvalue weighted by Gasteiger charge is -2.25. The van der Waals surface area contributed by atoms with E-state index >= 15 is 0 Å². The molecule has 2 N–H and O–H groups in total. The standard InChI is InChI=1S/C14H17N3O2/c18-14(10-17-5-7-19-8-6-17)16-13-9-15-12-4-2-1-3-11(12)13/h1-4,9,15H,5-8,10H2,(H,16,18). The molecule has 19 heavy (non-hydrogen) atoms. The zero-order valence-electron chi connectivity index (χ0n) is 10.7. The molecule has 1 aliphatic heterocycles. The number of carbonyl (C=O) groups is 1. The van der Waals surface area contributed by atoms with Gasteiger partial charge in [0.1, 0.15) is 0 Å². The molecule has 1 aromatic carbocycles. The van der Waals surface area contributed by atoms with Crippen LogP contribution < -0.4 is 5.32 Å². The van der Waals surface area contributed by atoms with Crippen LogP contribution in [0.3, 0.4) is 0 Å². The van der Waals surface area contributed by atoms with Gasteiger partial charge in [-0.1, -0.05) is 18.2 Å². The highest BCUT2D eigenvalue weighted by molar-refractivity contribution is 6.02. The molecule has 0 bridgehead atoms. The van der Waals surface area contributed by atoms with Crippen LogP contribution >= 0.6 is 0 Å². The quantitative estimate of drug-likeness (QED) is 0.877. The molecule has 1 fully saturated rings. The Hall–Kier alpha value is -1.85. The Kier molecular flexibility index (Phi) is 3.48. The number of hydrogen-bond acceptors (Lipinski definition) is 3. The fourth-order valence-corrected chi connectivity index (χ4v) is 2.33. The summed E-state index contributed by atoms with van der Waals surface area (Å²) in [6, 6.07) is 7.93. The van der Waals surface area contributed by atoms with Crippen LogP contribution in [0.2, 0.25) is 0 Å². The number of fused-ring (bicyclic) bond motifs is 1. The second-order valence-corrected chi connectivity index (χ2v) is 4.68. The number of amides is 1. The van der Waals surface area contributed by atoms with Gasteiger partial charge in [0, 0.05) is 30.2 Å². The summed E-state index contributed by atoms with van der Waals surface area (Å²) >= 11 is 0. The zero-order valence-corrected chi connectivity index (χ0v) is 10.7. The van der Waals surface area contributed by atoms with Crippen LogP contribution in [0.5, 0.6) is 0 Å². The van der Waals surface area contributed by atoms with Crippen molar-refractivity contribution in [3.63, 3.8) is 0 Å². The summed E-state index contributed by atoms with van der Waals surface area (Å²) in [5.41, 5.74) is 1.87. The van der Waals surface area contributed by atoms with E-state index in [-0.39, 0.29) is 5.91 Å². The molecule has 0 spiro atoms. The van der Waals surface area contributed by atoms with Crippen LogP contribution in [0.1, 0.15) is 0 Å². The summed E-state index contributed by atoms with van der Waals surface area (Å²) in [4.78, 5) is 17.3. The molecule has 5 heteroatoms. The predicted molar refractivity (Wildman–Crippen MR) is 74.2 cm³/mol. The van der Waals surface area contributed by atoms with Crippen molar-refractivity contribution < 1.29 is 9.53 Å².